The number of nitrogens with one attached hydrogen (secondary N) is 9. The normalized spacial score (nSPS) is 14.7. The predicted molar refractivity (Wildman–Crippen MR) is 356 cm³/mol. The maximum atomic E-state index is 14.8. The standard InChI is InChI=1S/C59H106N20O13S/c1-8-34(6)46(79-54(89)44(29-33(4)5)76-47(82)37(61)31-80)55(90)78-45(30-35-18-20-36(81)21-19-35)53(88)73-39(16-12-25-69-58(64)65)49(84)71-38(15-11-24-68-57(62)63)48(83)72-40(17-13-26-70-59(66)67)50(85)77-43(28-32(2)3)52(87)74-41(22-27-93-7)51(86)75-42(56(91)92)14-9-10-23-60/h18-21,32-34,37-46,80-81H,8-17,22-31,60-61H2,1-7H3,(H,71,84)(H,72,83)(H,73,88)(H,74,87)(H,75,86)(H,76,82)(H,77,85)(H,78,90)(H,79,89)(H,91,92)(H4,62,63,68)(H4,64,65,69)(H4,66,67,70)/t34-,37-,38-,39-,40-,41-,42-,43-,44-,45-,46-/m0/s1. The van der Waals surface area contributed by atoms with Crippen LogP contribution in [0.15, 0.2) is 39.2 Å². The summed E-state index contributed by atoms with van der Waals surface area (Å²) in [4.78, 5) is 152. The molecule has 0 aromatic heterocycles. The summed E-state index contributed by atoms with van der Waals surface area (Å²) in [6, 6.07) is -7.83. The largest absolute Gasteiger partial charge is 0.508 e. The average molecular weight is 1340 g/mol. The third kappa shape index (κ3) is 34.3. The van der Waals surface area contributed by atoms with Crippen molar-refractivity contribution in [3.63, 3.8) is 0 Å². The summed E-state index contributed by atoms with van der Waals surface area (Å²) in [6.45, 7) is 10.2. The van der Waals surface area contributed by atoms with Gasteiger partial charge >= 0.3 is 5.97 Å². The smallest absolute Gasteiger partial charge is 0.326 e. The molecule has 93 heavy (non-hydrogen) atoms. The van der Waals surface area contributed by atoms with Crippen LogP contribution < -0.4 is 93.7 Å². The Kier molecular flexibility index (Phi) is 40.2. The van der Waals surface area contributed by atoms with Crippen molar-refractivity contribution >= 4 is 88.8 Å². The summed E-state index contributed by atoms with van der Waals surface area (Å²) in [6.07, 6.45) is 2.95. The molecule has 1 rings (SSSR count). The summed E-state index contributed by atoms with van der Waals surface area (Å²) >= 11 is 1.38. The number of carbonyl (C=O) groups is 10. The van der Waals surface area contributed by atoms with Crippen molar-refractivity contribution in [1.82, 2.24) is 47.9 Å². The summed E-state index contributed by atoms with van der Waals surface area (Å²) in [5.41, 5.74) is 45.4. The number of aromatic hydroxyl groups is 1. The number of carboxylic acid groups (broad SMARTS) is 1. The molecule has 1 aromatic carbocycles. The number of hydrogen-bond acceptors (Lipinski definition) is 18. The van der Waals surface area contributed by atoms with E-state index < -0.39 is 132 Å². The van der Waals surface area contributed by atoms with Crippen molar-refractivity contribution in [3.8, 4) is 5.75 Å². The molecule has 0 heterocycles. The van der Waals surface area contributed by atoms with Gasteiger partial charge in [-0.2, -0.15) is 11.8 Å². The number of aliphatic hydroxyl groups is 1. The van der Waals surface area contributed by atoms with E-state index in [0.717, 1.165) is 0 Å². The lowest BCUT2D eigenvalue weighted by Crippen LogP contribution is -2.61. The number of carboxylic acids is 1. The van der Waals surface area contributed by atoms with Crippen LogP contribution in [0.1, 0.15) is 131 Å². The van der Waals surface area contributed by atoms with Gasteiger partial charge in [-0.05, 0) is 131 Å². The zero-order chi connectivity index (χ0) is 70.3. The first-order valence-corrected chi connectivity index (χ1v) is 32.7. The van der Waals surface area contributed by atoms with Gasteiger partial charge in [0.05, 0.1) is 6.61 Å². The second kappa shape index (κ2) is 45.1. The lowest BCUT2D eigenvalue weighted by atomic mass is 9.95. The highest BCUT2D eigenvalue weighted by Crippen LogP contribution is 2.17. The summed E-state index contributed by atoms with van der Waals surface area (Å²) in [7, 11) is 0. The number of phenolic OH excluding ortho intramolecular Hbond substituents is 1. The highest BCUT2D eigenvalue weighted by atomic mass is 32.2. The van der Waals surface area contributed by atoms with Gasteiger partial charge in [0, 0.05) is 26.1 Å². The minimum atomic E-state index is -1.50. The van der Waals surface area contributed by atoms with Crippen LogP contribution in [-0.4, -0.2) is 198 Å². The van der Waals surface area contributed by atoms with Gasteiger partial charge in [-0.25, -0.2) is 4.79 Å². The van der Waals surface area contributed by atoms with Crippen molar-refractivity contribution in [2.24, 2.45) is 78.6 Å². The highest BCUT2D eigenvalue weighted by molar-refractivity contribution is 7.98. The Morgan fingerprint density at radius 1 is 0.484 bits per heavy atom. The van der Waals surface area contributed by atoms with Crippen LogP contribution in [-0.2, 0) is 54.4 Å². The zero-order valence-corrected chi connectivity index (χ0v) is 55.6. The van der Waals surface area contributed by atoms with Crippen molar-refractivity contribution in [1.29, 1.82) is 0 Å². The third-order valence-corrected chi connectivity index (χ3v) is 15.2. The Morgan fingerprint density at radius 2 is 0.839 bits per heavy atom. The Bertz CT molecular complexity index is 2620. The SMILES string of the molecule is CC[C@H](C)[C@H](NC(=O)[C@H](CC(C)C)NC(=O)[C@@H](N)CO)C(=O)N[C@@H](Cc1ccc(O)cc1)C(=O)N[C@@H](CCCN=C(N)N)C(=O)N[C@@H](CCCN=C(N)N)C(=O)N[C@@H](CCCN=C(N)N)C(=O)N[C@@H](CC(C)C)C(=O)N[C@@H](CCSC)C(=O)N[C@@H](CCCCN)C(=O)O. The molecule has 0 bridgehead atoms. The summed E-state index contributed by atoms with van der Waals surface area (Å²) in [5.74, 6) is -10.2. The second-order valence-corrected chi connectivity index (χ2v) is 24.5. The minimum Gasteiger partial charge on any atom is -0.508 e. The number of aliphatic imine (C=N–C) groups is 3. The fourth-order valence-electron chi connectivity index (χ4n) is 9.27. The van der Waals surface area contributed by atoms with Gasteiger partial charge < -0.3 is 109 Å². The van der Waals surface area contributed by atoms with Gasteiger partial charge in [0.25, 0.3) is 0 Å². The Balaban J connectivity index is 3.93. The highest BCUT2D eigenvalue weighted by Gasteiger charge is 2.37. The van der Waals surface area contributed by atoms with E-state index in [1.165, 1.54) is 36.0 Å². The number of aliphatic hydroxyl groups excluding tert-OH is 1. The number of phenols is 1. The van der Waals surface area contributed by atoms with Crippen LogP contribution in [0.4, 0.5) is 0 Å². The number of aliphatic carboxylic acids is 1. The van der Waals surface area contributed by atoms with Crippen molar-refractivity contribution < 1.29 is 63.3 Å². The first-order chi connectivity index (χ1) is 43.9. The number of guanidine groups is 3. The molecule has 0 unspecified atom stereocenters. The molecule has 11 atom stereocenters. The number of carbonyl (C=O) groups excluding carboxylic acids is 9. The maximum Gasteiger partial charge on any atom is 0.326 e. The zero-order valence-electron chi connectivity index (χ0n) is 54.7. The molecule has 0 saturated heterocycles. The topological polar surface area (TPSA) is 585 Å². The van der Waals surface area contributed by atoms with Gasteiger partial charge in [-0.15, -0.1) is 0 Å². The van der Waals surface area contributed by atoms with E-state index in [9.17, 15) is 63.3 Å². The van der Waals surface area contributed by atoms with Crippen molar-refractivity contribution in [3.05, 3.63) is 29.8 Å². The second-order valence-electron chi connectivity index (χ2n) is 23.5. The molecular weight excluding hydrogens is 1230 g/mol. The number of hydrogen-bond donors (Lipinski definition) is 20. The van der Waals surface area contributed by atoms with E-state index in [0.29, 0.717) is 37.1 Å². The van der Waals surface area contributed by atoms with Gasteiger partial charge in [-0.1, -0.05) is 60.1 Å². The van der Waals surface area contributed by atoms with Gasteiger partial charge in [0.2, 0.25) is 53.2 Å². The average Bonchev–Trinajstić information content (AvgIpc) is 2.18. The Morgan fingerprint density at radius 3 is 1.22 bits per heavy atom. The number of nitrogens with zero attached hydrogens (tertiary/aromatic N) is 3. The molecule has 0 aliphatic heterocycles. The van der Waals surface area contributed by atoms with Crippen LogP contribution in [0.5, 0.6) is 5.75 Å². The molecule has 0 fully saturated rings. The van der Waals surface area contributed by atoms with Crippen LogP contribution in [0, 0.1) is 17.8 Å². The molecular formula is C59H106N20O13S. The third-order valence-electron chi connectivity index (χ3n) is 14.6. The quantitative estimate of drug-likeness (QED) is 0.0167. The van der Waals surface area contributed by atoms with Crippen molar-refractivity contribution in [2.45, 2.75) is 192 Å². The molecule has 526 valence electrons. The first kappa shape index (κ1) is 82.8. The van der Waals surface area contributed by atoms with Crippen LogP contribution in [0.3, 0.4) is 0 Å². The van der Waals surface area contributed by atoms with E-state index in [1.54, 1.807) is 34.0 Å². The predicted octanol–water partition coefficient (Wildman–Crippen LogP) is -4.12. The molecule has 1 aromatic rings. The number of amides is 9. The van der Waals surface area contributed by atoms with E-state index in [-0.39, 0.29) is 126 Å². The van der Waals surface area contributed by atoms with Gasteiger partial charge in [-0.3, -0.25) is 58.1 Å². The Hall–Kier alpha value is -8.24. The maximum absolute atomic E-state index is 14.8. The Labute approximate surface area is 548 Å². The van der Waals surface area contributed by atoms with Gasteiger partial charge in [0.1, 0.15) is 66.2 Å². The molecule has 0 saturated carbocycles. The molecule has 0 spiro atoms. The molecule has 34 heteroatoms. The fourth-order valence-corrected chi connectivity index (χ4v) is 9.74. The molecule has 28 N–H and O–H groups in total. The van der Waals surface area contributed by atoms with Crippen molar-refractivity contribution in [2.75, 3.05) is 44.8 Å². The van der Waals surface area contributed by atoms with E-state index >= 15 is 0 Å². The summed E-state index contributed by atoms with van der Waals surface area (Å²) < 4.78 is 0. The lowest BCUT2D eigenvalue weighted by Gasteiger charge is -2.30. The van der Waals surface area contributed by atoms with Gasteiger partial charge in [0.15, 0.2) is 17.9 Å². The summed E-state index contributed by atoms with van der Waals surface area (Å²) in [5, 5.41) is 53.5. The number of nitrogens with two attached hydrogens (primary N) is 8. The monoisotopic (exact) mass is 1330 g/mol. The minimum absolute atomic E-state index is 0.00513. The molecule has 33 nitrogen and oxygen atoms in total. The number of benzene rings is 1. The van der Waals surface area contributed by atoms with E-state index in [4.69, 9.17) is 45.9 Å². The van der Waals surface area contributed by atoms with E-state index in [2.05, 4.69) is 62.8 Å². The van der Waals surface area contributed by atoms with Crippen LogP contribution in [0.2, 0.25) is 0 Å². The van der Waals surface area contributed by atoms with Crippen LogP contribution >= 0.6 is 11.8 Å². The fraction of sp³-hybridized carbons (Fsp3) is 0.678. The first-order valence-electron chi connectivity index (χ1n) is 31.3. The molecule has 0 radical (unpaired) electrons. The number of unbranched alkanes of at least 4 members (excludes halogenated alkanes) is 1. The lowest BCUT2D eigenvalue weighted by molar-refractivity contribution is -0.142. The molecule has 9 amide bonds. The molecule has 0 aliphatic carbocycles. The van der Waals surface area contributed by atoms with Crippen LogP contribution in [0.25, 0.3) is 0 Å². The molecule has 0 aliphatic rings. The number of rotatable bonds is 47. The van der Waals surface area contributed by atoms with E-state index in [1.807, 2.05) is 13.8 Å². The number of thioether (sulfide) groups is 1.